The summed E-state index contributed by atoms with van der Waals surface area (Å²) >= 11 is 8.73. The van der Waals surface area contributed by atoms with Crippen LogP contribution in [0.1, 0.15) is 17.3 Å². The van der Waals surface area contributed by atoms with Gasteiger partial charge in [0.1, 0.15) is 5.75 Å². The van der Waals surface area contributed by atoms with Gasteiger partial charge in [-0.2, -0.15) is 0 Å². The maximum absolute atomic E-state index is 11.3. The standard InChI is InChI=1S/C9H8BrClO2/c1-5(11)9(13)6-2-3-7(10)8(12)4-6/h2-5,12H,1H3. The number of Topliss-reactive ketones (excluding diaryl/α,β-unsaturated/α-hetero) is 1. The molecule has 70 valence electrons. The Kier molecular flexibility index (Phi) is 3.33. The molecular weight excluding hydrogens is 255 g/mol. The molecule has 0 aliphatic rings. The second kappa shape index (κ2) is 4.11. The van der Waals surface area contributed by atoms with Gasteiger partial charge in [-0.3, -0.25) is 4.79 Å². The summed E-state index contributed by atoms with van der Waals surface area (Å²) in [5.74, 6) is -0.146. The number of hydrogen-bond acceptors (Lipinski definition) is 2. The van der Waals surface area contributed by atoms with Crippen molar-refractivity contribution in [2.75, 3.05) is 0 Å². The smallest absolute Gasteiger partial charge is 0.180 e. The van der Waals surface area contributed by atoms with E-state index in [9.17, 15) is 9.90 Å². The van der Waals surface area contributed by atoms with Gasteiger partial charge in [-0.25, -0.2) is 0 Å². The molecule has 1 atom stereocenters. The molecule has 1 aromatic carbocycles. The van der Waals surface area contributed by atoms with Crippen LogP contribution in [-0.2, 0) is 0 Å². The summed E-state index contributed by atoms with van der Waals surface area (Å²) in [4.78, 5) is 11.3. The maximum atomic E-state index is 11.3. The lowest BCUT2D eigenvalue weighted by atomic mass is 10.1. The van der Waals surface area contributed by atoms with Crippen LogP contribution in [0.25, 0.3) is 0 Å². The van der Waals surface area contributed by atoms with Crippen molar-refractivity contribution in [1.82, 2.24) is 0 Å². The molecule has 4 heteroatoms. The van der Waals surface area contributed by atoms with E-state index in [4.69, 9.17) is 11.6 Å². The first-order valence-corrected chi connectivity index (χ1v) is 4.92. The van der Waals surface area contributed by atoms with Crippen molar-refractivity contribution in [2.45, 2.75) is 12.3 Å². The number of rotatable bonds is 2. The lowest BCUT2D eigenvalue weighted by molar-refractivity contribution is 0.0991. The highest BCUT2D eigenvalue weighted by Gasteiger charge is 2.13. The Morgan fingerprint density at radius 3 is 2.69 bits per heavy atom. The summed E-state index contributed by atoms with van der Waals surface area (Å²) in [5.41, 5.74) is 0.420. The molecular formula is C9H8BrClO2. The molecule has 0 heterocycles. The van der Waals surface area contributed by atoms with Crippen LogP contribution in [0.2, 0.25) is 0 Å². The zero-order valence-electron chi connectivity index (χ0n) is 6.92. The number of phenols is 1. The third-order valence-electron chi connectivity index (χ3n) is 1.59. The van der Waals surface area contributed by atoms with Crippen molar-refractivity contribution < 1.29 is 9.90 Å². The van der Waals surface area contributed by atoms with E-state index in [1.165, 1.54) is 6.07 Å². The van der Waals surface area contributed by atoms with Crippen molar-refractivity contribution >= 4 is 33.3 Å². The van der Waals surface area contributed by atoms with Crippen molar-refractivity contribution in [3.63, 3.8) is 0 Å². The minimum absolute atomic E-state index is 0.0446. The summed E-state index contributed by atoms with van der Waals surface area (Å²) in [6.45, 7) is 1.60. The molecule has 0 spiro atoms. The van der Waals surface area contributed by atoms with Gasteiger partial charge in [0.15, 0.2) is 5.78 Å². The minimum Gasteiger partial charge on any atom is -0.507 e. The largest absolute Gasteiger partial charge is 0.507 e. The first-order chi connectivity index (χ1) is 6.02. The predicted molar refractivity (Wildman–Crippen MR) is 55.5 cm³/mol. The zero-order chi connectivity index (χ0) is 10.0. The van der Waals surface area contributed by atoms with E-state index in [0.29, 0.717) is 10.0 Å². The number of alkyl halides is 1. The highest BCUT2D eigenvalue weighted by Crippen LogP contribution is 2.25. The fourth-order valence-corrected chi connectivity index (χ4v) is 1.27. The van der Waals surface area contributed by atoms with Crippen molar-refractivity contribution in [3.05, 3.63) is 28.2 Å². The summed E-state index contributed by atoms with van der Waals surface area (Å²) in [6, 6.07) is 4.62. The second-order valence-corrected chi connectivity index (χ2v) is 4.16. The van der Waals surface area contributed by atoms with Gasteiger partial charge in [0.2, 0.25) is 0 Å². The number of aromatic hydroxyl groups is 1. The molecule has 0 saturated heterocycles. The normalized spacial score (nSPS) is 12.5. The van der Waals surface area contributed by atoms with Gasteiger partial charge < -0.3 is 5.11 Å². The fourth-order valence-electron chi connectivity index (χ4n) is 0.896. The van der Waals surface area contributed by atoms with E-state index >= 15 is 0 Å². The zero-order valence-corrected chi connectivity index (χ0v) is 9.26. The van der Waals surface area contributed by atoms with E-state index in [1.807, 2.05) is 0 Å². The molecule has 1 unspecified atom stereocenters. The number of benzene rings is 1. The van der Waals surface area contributed by atoms with E-state index < -0.39 is 5.38 Å². The van der Waals surface area contributed by atoms with Gasteiger partial charge in [0.05, 0.1) is 9.85 Å². The summed E-state index contributed by atoms with van der Waals surface area (Å²) in [6.07, 6.45) is 0. The first-order valence-electron chi connectivity index (χ1n) is 3.69. The first kappa shape index (κ1) is 10.5. The Labute approximate surface area is 89.7 Å². The summed E-state index contributed by atoms with van der Waals surface area (Å²) in [5, 5.41) is 8.72. The fraction of sp³-hybridized carbons (Fsp3) is 0.222. The Balaban J connectivity index is 3.04. The van der Waals surface area contributed by atoms with Gasteiger partial charge in [-0.1, -0.05) is 0 Å². The molecule has 0 aliphatic heterocycles. The minimum atomic E-state index is -0.569. The molecule has 0 saturated carbocycles. The number of hydrogen-bond donors (Lipinski definition) is 1. The monoisotopic (exact) mass is 262 g/mol. The molecule has 0 fully saturated rings. The molecule has 13 heavy (non-hydrogen) atoms. The lowest BCUT2D eigenvalue weighted by Gasteiger charge is -2.03. The van der Waals surface area contributed by atoms with Gasteiger partial charge >= 0.3 is 0 Å². The Morgan fingerprint density at radius 1 is 1.62 bits per heavy atom. The van der Waals surface area contributed by atoms with E-state index in [-0.39, 0.29) is 11.5 Å². The average Bonchev–Trinajstić information content (AvgIpc) is 2.08. The number of carbonyl (C=O) groups is 1. The number of phenolic OH excluding ortho intramolecular Hbond substituents is 1. The van der Waals surface area contributed by atoms with Crippen molar-refractivity contribution in [2.24, 2.45) is 0 Å². The van der Waals surface area contributed by atoms with Gasteiger partial charge in [0.25, 0.3) is 0 Å². The molecule has 0 aromatic heterocycles. The van der Waals surface area contributed by atoms with Crippen molar-refractivity contribution in [1.29, 1.82) is 0 Å². The van der Waals surface area contributed by atoms with Crippen LogP contribution in [0.4, 0.5) is 0 Å². The van der Waals surface area contributed by atoms with E-state index in [0.717, 1.165) is 0 Å². The topological polar surface area (TPSA) is 37.3 Å². The van der Waals surface area contributed by atoms with Gasteiger partial charge in [-0.05, 0) is 41.1 Å². The van der Waals surface area contributed by atoms with Crippen LogP contribution >= 0.6 is 27.5 Å². The van der Waals surface area contributed by atoms with Crippen LogP contribution in [0.5, 0.6) is 5.75 Å². The van der Waals surface area contributed by atoms with Crippen molar-refractivity contribution in [3.8, 4) is 5.75 Å². The predicted octanol–water partition coefficient (Wildman–Crippen LogP) is 2.96. The number of carbonyl (C=O) groups excluding carboxylic acids is 1. The third kappa shape index (κ3) is 2.45. The van der Waals surface area contributed by atoms with Crippen LogP contribution in [0.15, 0.2) is 22.7 Å². The van der Waals surface area contributed by atoms with Gasteiger partial charge in [0, 0.05) is 5.56 Å². The maximum Gasteiger partial charge on any atom is 0.180 e. The Bertz CT molecular complexity index is 336. The molecule has 0 amide bonds. The second-order valence-electron chi connectivity index (χ2n) is 2.65. The van der Waals surface area contributed by atoms with Crippen LogP contribution in [-0.4, -0.2) is 16.3 Å². The molecule has 1 aromatic rings. The van der Waals surface area contributed by atoms with Crippen LogP contribution in [0, 0.1) is 0 Å². The highest BCUT2D eigenvalue weighted by molar-refractivity contribution is 9.10. The SMILES string of the molecule is CC(Cl)C(=O)c1ccc(Br)c(O)c1. The quantitative estimate of drug-likeness (QED) is 0.658. The van der Waals surface area contributed by atoms with Gasteiger partial charge in [-0.15, -0.1) is 11.6 Å². The average molecular weight is 264 g/mol. The molecule has 1 N–H and O–H groups in total. The summed E-state index contributed by atoms with van der Waals surface area (Å²) in [7, 11) is 0. The Morgan fingerprint density at radius 2 is 2.23 bits per heavy atom. The Hall–Kier alpha value is -0.540. The molecule has 1 rings (SSSR count). The number of halogens is 2. The van der Waals surface area contributed by atoms with E-state index in [2.05, 4.69) is 15.9 Å². The van der Waals surface area contributed by atoms with Crippen LogP contribution < -0.4 is 0 Å². The molecule has 0 aliphatic carbocycles. The highest BCUT2D eigenvalue weighted by atomic mass is 79.9. The molecule has 0 radical (unpaired) electrons. The molecule has 2 nitrogen and oxygen atoms in total. The van der Waals surface area contributed by atoms with Crippen LogP contribution in [0.3, 0.4) is 0 Å². The number of ketones is 1. The lowest BCUT2D eigenvalue weighted by Crippen LogP contribution is -2.09. The van der Waals surface area contributed by atoms with E-state index in [1.54, 1.807) is 19.1 Å². The third-order valence-corrected chi connectivity index (χ3v) is 2.46. The summed E-state index contributed by atoms with van der Waals surface area (Å²) < 4.78 is 0.561. The molecule has 0 bridgehead atoms.